The minimum absolute atomic E-state index is 0.150. The molecular weight excluding hydrogens is 394 g/mol. The number of piperazine rings is 1. The monoisotopic (exact) mass is 421 g/mol. The average Bonchev–Trinajstić information content (AvgIpc) is 2.73. The maximum atomic E-state index is 11.2. The molecule has 0 unspecified atom stereocenters. The molecule has 1 aliphatic rings. The Kier molecular flexibility index (Phi) is 5.60. The van der Waals surface area contributed by atoms with E-state index in [-0.39, 0.29) is 5.41 Å². The van der Waals surface area contributed by atoms with E-state index < -0.39 is 6.09 Å². The zero-order valence-electron chi connectivity index (χ0n) is 17.6. The van der Waals surface area contributed by atoms with Gasteiger partial charge in [-0.2, -0.15) is 0 Å². The summed E-state index contributed by atoms with van der Waals surface area (Å²) in [6.07, 6.45) is 0.990. The summed E-state index contributed by atoms with van der Waals surface area (Å²) < 4.78 is 0. The van der Waals surface area contributed by atoms with Crippen LogP contribution in [-0.2, 0) is 5.41 Å². The minimum Gasteiger partial charge on any atom is -0.465 e. The van der Waals surface area contributed by atoms with Crippen LogP contribution in [0.15, 0.2) is 64.5 Å². The van der Waals surface area contributed by atoms with Crippen molar-refractivity contribution in [2.24, 2.45) is 0 Å². The van der Waals surface area contributed by atoms with Gasteiger partial charge in [-0.1, -0.05) is 44.7 Å². The molecule has 30 heavy (non-hydrogen) atoms. The van der Waals surface area contributed by atoms with Crippen LogP contribution in [0, 0.1) is 0 Å². The van der Waals surface area contributed by atoms with E-state index >= 15 is 0 Å². The zero-order chi connectivity index (χ0) is 21.3. The van der Waals surface area contributed by atoms with Crippen LogP contribution in [0.4, 0.5) is 10.5 Å². The maximum Gasteiger partial charge on any atom is 0.407 e. The molecule has 5 nitrogen and oxygen atoms in total. The number of carbonyl (C=O) groups is 1. The first-order valence-corrected chi connectivity index (χ1v) is 11.0. The van der Waals surface area contributed by atoms with Gasteiger partial charge in [-0.15, -0.1) is 0 Å². The molecule has 6 heteroatoms. The molecule has 0 bridgehead atoms. The summed E-state index contributed by atoms with van der Waals surface area (Å²) in [6, 6.07) is 17.2. The van der Waals surface area contributed by atoms with Gasteiger partial charge in [0.1, 0.15) is 0 Å². The van der Waals surface area contributed by atoms with Crippen LogP contribution in [0.3, 0.4) is 0 Å². The highest BCUT2D eigenvalue weighted by molar-refractivity contribution is 7.99. The van der Waals surface area contributed by atoms with Crippen molar-refractivity contribution in [3.8, 4) is 0 Å². The molecule has 2 heterocycles. The molecule has 1 saturated heterocycles. The summed E-state index contributed by atoms with van der Waals surface area (Å²) in [6.45, 7) is 9.10. The fourth-order valence-electron chi connectivity index (χ4n) is 3.75. The van der Waals surface area contributed by atoms with Crippen molar-refractivity contribution in [2.75, 3.05) is 31.1 Å². The van der Waals surface area contributed by atoms with Crippen molar-refractivity contribution < 1.29 is 9.90 Å². The Morgan fingerprint density at radius 1 is 0.967 bits per heavy atom. The first kappa shape index (κ1) is 20.5. The lowest BCUT2D eigenvalue weighted by Gasteiger charge is -2.35. The van der Waals surface area contributed by atoms with E-state index in [1.807, 2.05) is 12.3 Å². The van der Waals surface area contributed by atoms with Gasteiger partial charge < -0.3 is 14.9 Å². The van der Waals surface area contributed by atoms with E-state index in [4.69, 9.17) is 0 Å². The molecule has 0 atom stereocenters. The summed E-state index contributed by atoms with van der Waals surface area (Å²) >= 11 is 1.75. The number of nitrogens with zero attached hydrogens (tertiary/aromatic N) is 3. The third-order valence-electron chi connectivity index (χ3n) is 5.54. The number of anilines is 1. The minimum atomic E-state index is -0.842. The van der Waals surface area contributed by atoms with E-state index in [1.54, 1.807) is 11.8 Å². The Labute approximate surface area is 181 Å². The number of hydrogen-bond donors (Lipinski definition) is 1. The molecule has 1 aliphatic heterocycles. The third-order valence-corrected chi connectivity index (χ3v) is 6.53. The van der Waals surface area contributed by atoms with Crippen LogP contribution in [0.1, 0.15) is 26.3 Å². The first-order chi connectivity index (χ1) is 14.3. The van der Waals surface area contributed by atoms with Crippen molar-refractivity contribution in [3.05, 3.63) is 60.3 Å². The lowest BCUT2D eigenvalue weighted by molar-refractivity contribution is 0.142. The van der Waals surface area contributed by atoms with Gasteiger partial charge in [0.2, 0.25) is 0 Å². The van der Waals surface area contributed by atoms with E-state index in [2.05, 4.69) is 73.1 Å². The fourth-order valence-corrected chi connectivity index (χ4v) is 4.60. The summed E-state index contributed by atoms with van der Waals surface area (Å²) in [4.78, 5) is 21.8. The van der Waals surface area contributed by atoms with Gasteiger partial charge in [-0.3, -0.25) is 4.98 Å². The molecule has 0 spiro atoms. The second-order valence-electron chi connectivity index (χ2n) is 8.64. The van der Waals surface area contributed by atoms with E-state index in [0.29, 0.717) is 26.2 Å². The van der Waals surface area contributed by atoms with Crippen molar-refractivity contribution in [1.82, 2.24) is 9.88 Å². The van der Waals surface area contributed by atoms with Crippen LogP contribution in [0.2, 0.25) is 0 Å². The molecule has 1 fully saturated rings. The zero-order valence-corrected chi connectivity index (χ0v) is 18.4. The molecule has 0 saturated carbocycles. The standard InChI is InChI=1S/C24H27N3O2S/c1-24(2,3)17-4-6-18(7-5-17)30-19-8-9-21-20(16-19)22(10-11-25-21)26-12-14-27(15-13-26)23(28)29/h4-11,16H,12-15H2,1-3H3,(H,28,29). The molecule has 1 amide bonds. The predicted molar refractivity (Wildman–Crippen MR) is 123 cm³/mol. The van der Waals surface area contributed by atoms with Gasteiger partial charge >= 0.3 is 6.09 Å². The largest absolute Gasteiger partial charge is 0.465 e. The van der Waals surface area contributed by atoms with E-state index in [1.165, 1.54) is 20.3 Å². The Bertz CT molecular complexity index is 1050. The second kappa shape index (κ2) is 8.19. The Hall–Kier alpha value is -2.73. The van der Waals surface area contributed by atoms with Crippen molar-refractivity contribution >= 4 is 34.4 Å². The Balaban J connectivity index is 1.58. The van der Waals surface area contributed by atoms with Gasteiger partial charge in [0.05, 0.1) is 5.52 Å². The van der Waals surface area contributed by atoms with Crippen molar-refractivity contribution in [1.29, 1.82) is 0 Å². The topological polar surface area (TPSA) is 56.7 Å². The van der Waals surface area contributed by atoms with E-state index in [9.17, 15) is 9.90 Å². The average molecular weight is 422 g/mol. The van der Waals surface area contributed by atoms with Crippen LogP contribution in [-0.4, -0.2) is 47.3 Å². The number of carboxylic acid groups (broad SMARTS) is 1. The van der Waals surface area contributed by atoms with Crippen LogP contribution in [0.25, 0.3) is 10.9 Å². The van der Waals surface area contributed by atoms with Crippen LogP contribution in [0.5, 0.6) is 0 Å². The summed E-state index contributed by atoms with van der Waals surface area (Å²) in [5.74, 6) is 0. The van der Waals surface area contributed by atoms with Gasteiger partial charge in [0.25, 0.3) is 0 Å². The summed E-state index contributed by atoms with van der Waals surface area (Å²) in [5.41, 5.74) is 3.56. The highest BCUT2D eigenvalue weighted by Crippen LogP contribution is 2.34. The smallest absolute Gasteiger partial charge is 0.407 e. The summed E-state index contributed by atoms with van der Waals surface area (Å²) in [5, 5.41) is 10.3. The van der Waals surface area contributed by atoms with E-state index in [0.717, 1.165) is 16.6 Å². The van der Waals surface area contributed by atoms with Gasteiger partial charge in [-0.25, -0.2) is 4.79 Å². The van der Waals surface area contributed by atoms with Crippen molar-refractivity contribution in [3.63, 3.8) is 0 Å². The molecule has 3 aromatic rings. The number of benzene rings is 2. The van der Waals surface area contributed by atoms with Crippen molar-refractivity contribution in [2.45, 2.75) is 36.0 Å². The number of fused-ring (bicyclic) bond motifs is 1. The number of hydrogen-bond acceptors (Lipinski definition) is 4. The number of pyridine rings is 1. The molecule has 0 radical (unpaired) electrons. The molecule has 0 aliphatic carbocycles. The number of aromatic nitrogens is 1. The third kappa shape index (κ3) is 4.38. The molecule has 4 rings (SSSR count). The highest BCUT2D eigenvalue weighted by atomic mass is 32.2. The van der Waals surface area contributed by atoms with Gasteiger partial charge in [-0.05, 0) is 47.4 Å². The fraction of sp³-hybridized carbons (Fsp3) is 0.333. The molecule has 156 valence electrons. The normalized spacial score (nSPS) is 14.9. The van der Waals surface area contributed by atoms with Crippen LogP contribution >= 0.6 is 11.8 Å². The second-order valence-corrected chi connectivity index (χ2v) is 9.79. The maximum absolute atomic E-state index is 11.2. The lowest BCUT2D eigenvalue weighted by atomic mass is 9.87. The molecule has 2 aromatic carbocycles. The molecule has 1 N–H and O–H groups in total. The lowest BCUT2D eigenvalue weighted by Crippen LogP contribution is -2.48. The molecule has 1 aromatic heterocycles. The predicted octanol–water partition coefficient (Wildman–Crippen LogP) is 5.48. The van der Waals surface area contributed by atoms with Gasteiger partial charge in [0, 0.05) is 53.2 Å². The number of rotatable bonds is 3. The molecular formula is C24H27N3O2S. The SMILES string of the molecule is CC(C)(C)c1ccc(Sc2ccc3nccc(N4CCN(C(=O)O)CC4)c3c2)cc1. The highest BCUT2D eigenvalue weighted by Gasteiger charge is 2.22. The van der Waals surface area contributed by atoms with Crippen LogP contribution < -0.4 is 4.90 Å². The number of amides is 1. The quantitative estimate of drug-likeness (QED) is 0.607. The Morgan fingerprint density at radius 2 is 1.63 bits per heavy atom. The first-order valence-electron chi connectivity index (χ1n) is 10.2. The Morgan fingerprint density at radius 3 is 2.27 bits per heavy atom. The van der Waals surface area contributed by atoms with Gasteiger partial charge in [0.15, 0.2) is 0 Å². The summed E-state index contributed by atoms with van der Waals surface area (Å²) in [7, 11) is 0.